The predicted octanol–water partition coefficient (Wildman–Crippen LogP) is 2.78. The van der Waals surface area contributed by atoms with E-state index in [-0.39, 0.29) is 11.8 Å². The summed E-state index contributed by atoms with van der Waals surface area (Å²) < 4.78 is 26.2. The number of benzene rings is 1. The maximum Gasteiger partial charge on any atom is 0.248 e. The van der Waals surface area contributed by atoms with Crippen molar-refractivity contribution in [1.29, 1.82) is 0 Å². The molecule has 0 saturated carbocycles. The third-order valence-corrected chi connectivity index (χ3v) is 3.64. The van der Waals surface area contributed by atoms with E-state index in [4.69, 9.17) is 23.7 Å². The molecule has 0 aliphatic carbocycles. The highest BCUT2D eigenvalue weighted by Gasteiger charge is 2.14. The van der Waals surface area contributed by atoms with Gasteiger partial charge in [-0.3, -0.25) is 4.79 Å². The van der Waals surface area contributed by atoms with Gasteiger partial charge in [0, 0.05) is 17.7 Å². The topological polar surface area (TPSA) is 88.1 Å². The maximum atomic E-state index is 12.3. The van der Waals surface area contributed by atoms with Crippen molar-refractivity contribution in [3.8, 4) is 29.0 Å². The lowest BCUT2D eigenvalue weighted by atomic mass is 10.1. The number of carbonyl (C=O) groups excluding carboxylic acids is 1. The molecule has 0 spiro atoms. The summed E-state index contributed by atoms with van der Waals surface area (Å²) in [6.45, 7) is 0. The Morgan fingerprint density at radius 2 is 1.63 bits per heavy atom. The molecule has 0 aliphatic heterocycles. The zero-order valence-corrected chi connectivity index (χ0v) is 15.9. The third kappa shape index (κ3) is 4.60. The third-order valence-electron chi connectivity index (χ3n) is 3.64. The lowest BCUT2D eigenvalue weighted by Crippen LogP contribution is -2.09. The van der Waals surface area contributed by atoms with Gasteiger partial charge in [0.25, 0.3) is 0 Å². The largest absolute Gasteiger partial charge is 0.493 e. The fraction of sp³-hybridized carbons (Fsp3) is 0.263. The highest BCUT2D eigenvalue weighted by Crippen LogP contribution is 2.40. The number of nitrogens with zero attached hydrogens (tertiary/aromatic N) is 1. The number of methoxy groups -OCH3 is 5. The first-order chi connectivity index (χ1) is 13.1. The van der Waals surface area contributed by atoms with Crippen LogP contribution in [-0.2, 0) is 4.79 Å². The number of hydrogen-bond acceptors (Lipinski definition) is 7. The average Bonchev–Trinajstić information content (AvgIpc) is 2.71. The van der Waals surface area contributed by atoms with Crippen molar-refractivity contribution >= 4 is 17.7 Å². The van der Waals surface area contributed by atoms with Gasteiger partial charge in [-0.25, -0.2) is 0 Å². The Kier molecular flexibility index (Phi) is 6.87. The van der Waals surface area contributed by atoms with E-state index in [0.29, 0.717) is 34.4 Å². The Labute approximate surface area is 157 Å². The first kappa shape index (κ1) is 19.9. The van der Waals surface area contributed by atoms with E-state index in [1.165, 1.54) is 41.6 Å². The number of ether oxygens (including phenoxy) is 5. The molecule has 0 radical (unpaired) electrons. The molecule has 0 aliphatic rings. The summed E-state index contributed by atoms with van der Waals surface area (Å²) in [5.41, 5.74) is 1.08. The van der Waals surface area contributed by atoms with Gasteiger partial charge < -0.3 is 29.0 Å². The highest BCUT2D eigenvalue weighted by molar-refractivity contribution is 6.02. The number of carbonyl (C=O) groups is 1. The van der Waals surface area contributed by atoms with Crippen molar-refractivity contribution in [2.75, 3.05) is 40.9 Å². The van der Waals surface area contributed by atoms with E-state index >= 15 is 0 Å². The van der Waals surface area contributed by atoms with Crippen LogP contribution in [0.3, 0.4) is 0 Å². The maximum absolute atomic E-state index is 12.3. The van der Waals surface area contributed by atoms with Crippen LogP contribution in [-0.4, -0.2) is 46.4 Å². The first-order valence-corrected chi connectivity index (χ1v) is 7.95. The molecule has 8 nitrogen and oxygen atoms in total. The quantitative estimate of drug-likeness (QED) is 0.711. The molecule has 1 heterocycles. The fourth-order valence-corrected chi connectivity index (χ4v) is 2.38. The van der Waals surface area contributed by atoms with Gasteiger partial charge in [0.15, 0.2) is 11.5 Å². The Hall–Kier alpha value is -3.42. The molecule has 0 atom stereocenters. The molecule has 0 unspecified atom stereocenters. The second-order valence-electron chi connectivity index (χ2n) is 5.16. The molecule has 1 aromatic heterocycles. The minimum atomic E-state index is -0.364. The molecule has 0 saturated heterocycles. The van der Waals surface area contributed by atoms with Crippen LogP contribution in [0.5, 0.6) is 29.0 Å². The molecule has 1 N–H and O–H groups in total. The molecule has 0 bridgehead atoms. The zero-order valence-electron chi connectivity index (χ0n) is 15.9. The summed E-state index contributed by atoms with van der Waals surface area (Å²) in [4.78, 5) is 16.4. The fourth-order valence-electron chi connectivity index (χ4n) is 2.38. The number of nitrogens with one attached hydrogen (secondary N) is 1. The SMILES string of the molecule is COc1ccc(NC(=O)/C=C/c2ccc(OC)c(OC)c2OC)c(OC)n1. The van der Waals surface area contributed by atoms with E-state index < -0.39 is 0 Å². The Balaban J connectivity index is 2.22. The van der Waals surface area contributed by atoms with Crippen molar-refractivity contribution in [1.82, 2.24) is 4.98 Å². The molecule has 144 valence electrons. The molecule has 1 amide bonds. The van der Waals surface area contributed by atoms with Crippen LogP contribution in [0, 0.1) is 0 Å². The molecular formula is C19H22N2O6. The smallest absolute Gasteiger partial charge is 0.248 e. The van der Waals surface area contributed by atoms with Crippen LogP contribution < -0.4 is 29.0 Å². The second-order valence-corrected chi connectivity index (χ2v) is 5.16. The summed E-state index contributed by atoms with van der Waals surface area (Å²) in [7, 11) is 7.53. The summed E-state index contributed by atoms with van der Waals surface area (Å²) in [5, 5.41) is 2.71. The van der Waals surface area contributed by atoms with E-state index in [1.54, 1.807) is 30.3 Å². The van der Waals surface area contributed by atoms with E-state index in [0.717, 1.165) is 0 Å². The van der Waals surface area contributed by atoms with Crippen molar-refractivity contribution in [3.63, 3.8) is 0 Å². The molecule has 27 heavy (non-hydrogen) atoms. The second kappa shape index (κ2) is 9.33. The van der Waals surface area contributed by atoms with Crippen molar-refractivity contribution in [2.24, 2.45) is 0 Å². The summed E-state index contributed by atoms with van der Waals surface area (Å²) >= 11 is 0. The highest BCUT2D eigenvalue weighted by atomic mass is 16.5. The number of rotatable bonds is 8. The minimum absolute atomic E-state index is 0.250. The Bertz CT molecular complexity index is 835. The van der Waals surface area contributed by atoms with Crippen LogP contribution in [0.15, 0.2) is 30.3 Å². The molecule has 2 aromatic rings. The van der Waals surface area contributed by atoms with Crippen molar-refractivity contribution in [2.45, 2.75) is 0 Å². The summed E-state index contributed by atoms with van der Waals surface area (Å²) in [6, 6.07) is 6.77. The predicted molar refractivity (Wildman–Crippen MR) is 101 cm³/mol. The van der Waals surface area contributed by atoms with Gasteiger partial charge >= 0.3 is 0 Å². The van der Waals surface area contributed by atoms with Crippen molar-refractivity contribution in [3.05, 3.63) is 35.9 Å². The molecule has 0 fully saturated rings. The number of aromatic nitrogens is 1. The summed E-state index contributed by atoms with van der Waals surface area (Å²) in [5.74, 6) is 1.71. The van der Waals surface area contributed by atoms with Gasteiger partial charge in [-0.15, -0.1) is 0 Å². The van der Waals surface area contributed by atoms with Crippen LogP contribution in [0.1, 0.15) is 5.56 Å². The average molecular weight is 374 g/mol. The van der Waals surface area contributed by atoms with Crippen LogP contribution in [0.2, 0.25) is 0 Å². The monoisotopic (exact) mass is 374 g/mol. The van der Waals surface area contributed by atoms with Gasteiger partial charge in [-0.1, -0.05) is 0 Å². The van der Waals surface area contributed by atoms with Crippen LogP contribution in [0.4, 0.5) is 5.69 Å². The molecule has 1 aromatic carbocycles. The number of pyridine rings is 1. The van der Waals surface area contributed by atoms with E-state index in [9.17, 15) is 4.79 Å². The molecular weight excluding hydrogens is 352 g/mol. The normalized spacial score (nSPS) is 10.4. The lowest BCUT2D eigenvalue weighted by molar-refractivity contribution is -0.111. The van der Waals surface area contributed by atoms with Gasteiger partial charge in [0.1, 0.15) is 5.69 Å². The first-order valence-electron chi connectivity index (χ1n) is 7.95. The lowest BCUT2D eigenvalue weighted by Gasteiger charge is -2.14. The standard InChI is InChI=1S/C19H22N2O6/c1-23-14-9-6-12(17(25-3)18(14)26-4)7-10-15(22)20-13-8-11-16(24-2)21-19(13)27-5/h6-11H,1-5H3,(H,20,22)/b10-7+. The molecule has 2 rings (SSSR count). The number of anilines is 1. The van der Waals surface area contributed by atoms with E-state index in [2.05, 4.69) is 10.3 Å². The van der Waals surface area contributed by atoms with Gasteiger partial charge in [-0.2, -0.15) is 4.98 Å². The van der Waals surface area contributed by atoms with Crippen LogP contribution in [0.25, 0.3) is 6.08 Å². The Morgan fingerprint density at radius 3 is 2.22 bits per heavy atom. The number of amides is 1. The van der Waals surface area contributed by atoms with Crippen molar-refractivity contribution < 1.29 is 28.5 Å². The van der Waals surface area contributed by atoms with Crippen LogP contribution >= 0.6 is 0 Å². The van der Waals surface area contributed by atoms with Gasteiger partial charge in [0.05, 0.1) is 35.5 Å². The summed E-state index contributed by atoms with van der Waals surface area (Å²) in [6.07, 6.45) is 2.98. The minimum Gasteiger partial charge on any atom is -0.493 e. The Morgan fingerprint density at radius 1 is 0.889 bits per heavy atom. The van der Waals surface area contributed by atoms with E-state index in [1.807, 2.05) is 0 Å². The van der Waals surface area contributed by atoms with Gasteiger partial charge in [-0.05, 0) is 24.3 Å². The molecule has 8 heteroatoms. The van der Waals surface area contributed by atoms with Gasteiger partial charge in [0.2, 0.25) is 23.4 Å². The number of hydrogen-bond donors (Lipinski definition) is 1. The zero-order chi connectivity index (χ0) is 19.8.